The third kappa shape index (κ3) is 4.01. The topological polar surface area (TPSA) is 66.4 Å². The van der Waals surface area contributed by atoms with Gasteiger partial charge in [-0.25, -0.2) is 9.97 Å². The van der Waals surface area contributed by atoms with E-state index in [1.54, 1.807) is 6.08 Å². The number of fused-ring (bicyclic) bond motifs is 3. The monoisotopic (exact) mass is 588 g/mol. The van der Waals surface area contributed by atoms with Crippen LogP contribution in [0.4, 0.5) is 11.6 Å². The third-order valence-corrected chi connectivity index (χ3v) is 8.17. The molecule has 3 aromatic rings. The molecule has 0 radical (unpaired) electrons. The number of hydrogen-bond acceptors (Lipinski definition) is 6. The number of hydrogen-bond donors (Lipinski definition) is 0. The van der Waals surface area contributed by atoms with Crippen LogP contribution >= 0.6 is 46.4 Å². The summed E-state index contributed by atoms with van der Waals surface area (Å²) in [6, 6.07) is 7.69. The molecule has 2 aliphatic rings. The van der Waals surface area contributed by atoms with Crippen LogP contribution in [-0.2, 0) is 0 Å². The highest BCUT2D eigenvalue weighted by Gasteiger charge is 2.45. The second-order valence-corrected chi connectivity index (χ2v) is 12.7. The summed E-state index contributed by atoms with van der Waals surface area (Å²) in [7, 11) is 0. The van der Waals surface area contributed by atoms with Crippen molar-refractivity contribution in [3.8, 4) is 0 Å². The summed E-state index contributed by atoms with van der Waals surface area (Å²) in [5.74, 6) is 0.970. The molecule has 0 bridgehead atoms. The van der Waals surface area contributed by atoms with E-state index in [0.717, 1.165) is 11.0 Å². The van der Waals surface area contributed by atoms with Crippen LogP contribution in [0, 0.1) is 0 Å². The van der Waals surface area contributed by atoms with Crippen LogP contribution in [0.3, 0.4) is 0 Å². The minimum absolute atomic E-state index is 0.0367. The lowest BCUT2D eigenvalue weighted by Gasteiger charge is -2.39. The summed E-state index contributed by atoms with van der Waals surface area (Å²) in [5.41, 5.74) is 0.537. The number of carbonyl (C=O) groups excluding carboxylic acids is 2. The second kappa shape index (κ2) is 8.95. The van der Waals surface area contributed by atoms with Gasteiger partial charge < -0.3 is 9.80 Å². The Kier molecular flexibility index (Phi) is 6.35. The summed E-state index contributed by atoms with van der Waals surface area (Å²) < 4.78 is 0. The number of ketones is 2. The molecule has 0 saturated carbocycles. The molecule has 6 nitrogen and oxygen atoms in total. The van der Waals surface area contributed by atoms with Gasteiger partial charge in [0, 0.05) is 11.1 Å². The quantitative estimate of drug-likeness (QED) is 0.123. The van der Waals surface area contributed by atoms with Crippen molar-refractivity contribution in [3.05, 3.63) is 79.0 Å². The van der Waals surface area contributed by atoms with Gasteiger partial charge in [0.2, 0.25) is 0 Å². The fraction of sp³-hybridized carbons (Fsp3) is 0.286. The van der Waals surface area contributed by atoms with Gasteiger partial charge in [0.25, 0.3) is 0 Å². The van der Waals surface area contributed by atoms with Gasteiger partial charge in [-0.3, -0.25) is 9.59 Å². The molecule has 0 fully saturated rings. The molecule has 0 atom stereocenters. The van der Waals surface area contributed by atoms with E-state index in [0.29, 0.717) is 17.5 Å². The van der Waals surface area contributed by atoms with Crippen molar-refractivity contribution in [1.29, 1.82) is 0 Å². The van der Waals surface area contributed by atoms with Gasteiger partial charge in [-0.2, -0.15) is 0 Å². The van der Waals surface area contributed by atoms with Crippen molar-refractivity contribution < 1.29 is 9.59 Å². The molecule has 1 aliphatic heterocycles. The standard InChI is InChI=1S/C28H24Cl4N4O2/c1-27(2,3)35-16(36(28(4,5)6)26-25(35)33-14-9-7-8-10-15(14)34-26)12-11-13-23(37)17-18(24(13)38)20(30)22(32)21(31)19(17)29/h7-12H,1-6H3. The summed E-state index contributed by atoms with van der Waals surface area (Å²) in [5, 5.41) is -0.310. The second-order valence-electron chi connectivity index (χ2n) is 11.1. The van der Waals surface area contributed by atoms with E-state index < -0.39 is 22.6 Å². The van der Waals surface area contributed by atoms with Crippen LogP contribution in [0.5, 0.6) is 0 Å². The molecule has 196 valence electrons. The third-order valence-electron chi connectivity index (χ3n) is 6.37. The Morgan fingerprint density at radius 1 is 0.658 bits per heavy atom. The van der Waals surface area contributed by atoms with Gasteiger partial charge in [0.1, 0.15) is 5.82 Å². The Morgan fingerprint density at radius 3 is 1.42 bits per heavy atom. The molecule has 1 aromatic heterocycles. The van der Waals surface area contributed by atoms with E-state index in [1.165, 1.54) is 6.08 Å². The largest absolute Gasteiger partial charge is 0.304 e. The van der Waals surface area contributed by atoms with Crippen molar-refractivity contribution in [3.63, 3.8) is 0 Å². The molecule has 10 heteroatoms. The maximum absolute atomic E-state index is 13.4. The van der Waals surface area contributed by atoms with Crippen LogP contribution < -0.4 is 9.80 Å². The Hall–Kier alpha value is -2.64. The number of Topliss-reactive ketones (excluding diaryl/α,β-unsaturated/α-hetero) is 2. The van der Waals surface area contributed by atoms with Crippen LogP contribution in [-0.4, -0.2) is 32.6 Å². The first-order chi connectivity index (χ1) is 17.6. The predicted octanol–water partition coefficient (Wildman–Crippen LogP) is 8.31. The minimum atomic E-state index is -0.561. The number of allylic oxidation sites excluding steroid dienone is 3. The number of halogens is 4. The highest BCUT2D eigenvalue weighted by Crippen LogP contribution is 2.48. The summed E-state index contributed by atoms with van der Waals surface area (Å²) in [6.45, 7) is 12.4. The van der Waals surface area contributed by atoms with E-state index in [2.05, 4.69) is 51.3 Å². The Bertz CT molecular complexity index is 1520. The summed E-state index contributed by atoms with van der Waals surface area (Å²) in [6.07, 6.45) is 3.24. The molecule has 0 N–H and O–H groups in total. The molecular weight excluding hydrogens is 566 g/mol. The first kappa shape index (κ1) is 26.9. The molecule has 38 heavy (non-hydrogen) atoms. The van der Waals surface area contributed by atoms with E-state index in [9.17, 15) is 9.59 Å². The van der Waals surface area contributed by atoms with Gasteiger partial charge in [0.15, 0.2) is 23.2 Å². The lowest BCUT2D eigenvalue weighted by Crippen LogP contribution is -2.47. The lowest BCUT2D eigenvalue weighted by atomic mass is 10.0. The highest BCUT2D eigenvalue weighted by molar-refractivity contribution is 6.57. The van der Waals surface area contributed by atoms with Crippen LogP contribution in [0.1, 0.15) is 62.3 Å². The van der Waals surface area contributed by atoms with Crippen molar-refractivity contribution in [2.45, 2.75) is 52.6 Å². The minimum Gasteiger partial charge on any atom is -0.304 e. The lowest BCUT2D eigenvalue weighted by molar-refractivity contribution is 0.0989. The van der Waals surface area contributed by atoms with Crippen molar-refractivity contribution in [1.82, 2.24) is 9.97 Å². The van der Waals surface area contributed by atoms with Crippen LogP contribution in [0.2, 0.25) is 20.1 Å². The molecule has 1 aliphatic carbocycles. The van der Waals surface area contributed by atoms with Crippen molar-refractivity contribution >= 4 is 80.6 Å². The van der Waals surface area contributed by atoms with Gasteiger partial charge in [-0.05, 0) is 65.8 Å². The zero-order valence-corrected chi connectivity index (χ0v) is 24.6. The van der Waals surface area contributed by atoms with Gasteiger partial charge >= 0.3 is 0 Å². The number of anilines is 2. The van der Waals surface area contributed by atoms with Gasteiger partial charge in [0.05, 0.1) is 47.8 Å². The SMILES string of the molecule is CC(C)(C)N1C(=CC=C2C(=O)c3c(Cl)c(Cl)c(Cl)c(Cl)c3C2=O)N(C(C)(C)C)c2nc3ccccc3nc21. The zero-order valence-electron chi connectivity index (χ0n) is 21.6. The fourth-order valence-electron chi connectivity index (χ4n) is 4.81. The van der Waals surface area contributed by atoms with E-state index in [4.69, 9.17) is 56.4 Å². The Morgan fingerprint density at radius 2 is 1.05 bits per heavy atom. The molecule has 0 amide bonds. The van der Waals surface area contributed by atoms with Crippen LogP contribution in [0.15, 0.2) is 47.8 Å². The van der Waals surface area contributed by atoms with E-state index >= 15 is 0 Å². The van der Waals surface area contributed by atoms with Crippen molar-refractivity contribution in [2.75, 3.05) is 9.80 Å². The van der Waals surface area contributed by atoms with Crippen LogP contribution in [0.25, 0.3) is 11.0 Å². The molecule has 2 aromatic carbocycles. The zero-order chi connectivity index (χ0) is 27.9. The Labute approximate surface area is 240 Å². The molecule has 0 spiro atoms. The molecule has 0 unspecified atom stereocenters. The number of benzene rings is 2. The maximum Gasteiger partial charge on any atom is 0.199 e. The summed E-state index contributed by atoms with van der Waals surface area (Å²) in [4.78, 5) is 40.8. The molecular formula is C28H24Cl4N4O2. The smallest absolute Gasteiger partial charge is 0.199 e. The first-order valence-corrected chi connectivity index (χ1v) is 13.4. The number of aromatic nitrogens is 2. The molecule has 0 saturated heterocycles. The molecule has 2 heterocycles. The average Bonchev–Trinajstić information content (AvgIpc) is 3.29. The van der Waals surface area contributed by atoms with Gasteiger partial charge in [-0.1, -0.05) is 58.5 Å². The normalized spacial score (nSPS) is 15.5. The average molecular weight is 590 g/mol. The number of nitrogens with zero attached hydrogens (tertiary/aromatic N) is 4. The van der Waals surface area contributed by atoms with Gasteiger partial charge in [-0.15, -0.1) is 0 Å². The number of carbonyl (C=O) groups is 2. The Balaban J connectivity index is 1.73. The number of rotatable bonds is 1. The first-order valence-electron chi connectivity index (χ1n) is 11.9. The molecule has 5 rings (SSSR count). The van der Waals surface area contributed by atoms with E-state index in [-0.39, 0.29) is 36.8 Å². The summed E-state index contributed by atoms with van der Waals surface area (Å²) >= 11 is 25.0. The van der Waals surface area contributed by atoms with E-state index in [1.807, 2.05) is 24.3 Å². The fourth-order valence-corrected chi connectivity index (χ4v) is 5.83. The predicted molar refractivity (Wildman–Crippen MR) is 155 cm³/mol. The van der Waals surface area contributed by atoms with Crippen molar-refractivity contribution in [2.24, 2.45) is 0 Å². The highest BCUT2D eigenvalue weighted by atomic mass is 35.5. The number of para-hydroxylation sites is 2. The maximum atomic E-state index is 13.4.